The van der Waals surface area contributed by atoms with Crippen molar-refractivity contribution in [3.63, 3.8) is 0 Å². The van der Waals surface area contributed by atoms with E-state index >= 15 is 0 Å². The van der Waals surface area contributed by atoms with Crippen LogP contribution in [0.1, 0.15) is 28.8 Å². The molecule has 1 aromatic heterocycles. The van der Waals surface area contributed by atoms with E-state index in [-0.39, 0.29) is 11.8 Å². The van der Waals surface area contributed by atoms with Crippen LogP contribution in [-0.4, -0.2) is 49.4 Å². The number of nitrogens with zero attached hydrogens (tertiary/aromatic N) is 2. The number of nitrogens with one attached hydrogen (secondary N) is 1. The van der Waals surface area contributed by atoms with Crippen LogP contribution in [0.3, 0.4) is 0 Å². The summed E-state index contributed by atoms with van der Waals surface area (Å²) in [6, 6.07) is 7.01. The van der Waals surface area contributed by atoms with Gasteiger partial charge in [0.05, 0.1) is 5.56 Å². The Bertz CT molecular complexity index is 832. The predicted molar refractivity (Wildman–Crippen MR) is 106 cm³/mol. The fraction of sp³-hybridized carbons (Fsp3) is 0.400. The summed E-state index contributed by atoms with van der Waals surface area (Å²) in [6.07, 6.45) is -3.50. The van der Waals surface area contributed by atoms with Gasteiger partial charge in [-0.15, -0.1) is 0 Å². The van der Waals surface area contributed by atoms with Gasteiger partial charge in [0.25, 0.3) is 5.91 Å². The summed E-state index contributed by atoms with van der Waals surface area (Å²) in [5.74, 6) is -0.146. The van der Waals surface area contributed by atoms with Crippen molar-refractivity contribution in [2.24, 2.45) is 0 Å². The number of alkyl halides is 3. The van der Waals surface area contributed by atoms with Crippen LogP contribution in [-0.2, 0) is 11.0 Å². The van der Waals surface area contributed by atoms with Gasteiger partial charge in [0.1, 0.15) is 0 Å². The molecule has 0 bridgehead atoms. The molecule has 156 valence electrons. The number of halogens is 3. The highest BCUT2D eigenvalue weighted by Crippen LogP contribution is 2.31. The van der Waals surface area contributed by atoms with Crippen molar-refractivity contribution >= 4 is 28.8 Å². The quantitative estimate of drug-likeness (QED) is 0.720. The smallest absolute Gasteiger partial charge is 0.368 e. The molecule has 2 amide bonds. The Morgan fingerprint density at radius 1 is 1.10 bits per heavy atom. The molecule has 1 aliphatic rings. The van der Waals surface area contributed by atoms with Crippen LogP contribution in [0.5, 0.6) is 0 Å². The molecule has 1 fully saturated rings. The Kier molecular flexibility index (Phi) is 6.79. The van der Waals surface area contributed by atoms with Gasteiger partial charge in [-0.3, -0.25) is 9.59 Å². The van der Waals surface area contributed by atoms with Crippen LogP contribution in [0.4, 0.5) is 18.9 Å². The lowest BCUT2D eigenvalue weighted by Crippen LogP contribution is -2.48. The summed E-state index contributed by atoms with van der Waals surface area (Å²) < 4.78 is 38.6. The molecule has 0 aliphatic carbocycles. The van der Waals surface area contributed by atoms with Crippen LogP contribution < -0.4 is 10.2 Å². The molecule has 5 nitrogen and oxygen atoms in total. The Labute approximate surface area is 171 Å². The van der Waals surface area contributed by atoms with Gasteiger partial charge in [0, 0.05) is 55.8 Å². The molecule has 3 rings (SSSR count). The minimum Gasteiger partial charge on any atom is -0.368 e. The first-order valence-electron chi connectivity index (χ1n) is 9.35. The number of carbonyl (C=O) groups excluding carboxylic acids is 2. The molecule has 1 saturated heterocycles. The molecule has 0 radical (unpaired) electrons. The third kappa shape index (κ3) is 5.72. The van der Waals surface area contributed by atoms with Crippen molar-refractivity contribution in [2.45, 2.75) is 19.0 Å². The zero-order valence-corrected chi connectivity index (χ0v) is 16.6. The van der Waals surface area contributed by atoms with Gasteiger partial charge in [0.15, 0.2) is 0 Å². The van der Waals surface area contributed by atoms with Crippen molar-refractivity contribution in [3.8, 4) is 0 Å². The van der Waals surface area contributed by atoms with E-state index in [0.29, 0.717) is 56.8 Å². The Morgan fingerprint density at radius 2 is 1.86 bits per heavy atom. The van der Waals surface area contributed by atoms with E-state index in [1.54, 1.807) is 22.4 Å². The highest BCUT2D eigenvalue weighted by atomic mass is 32.1. The van der Waals surface area contributed by atoms with E-state index < -0.39 is 11.7 Å². The Hall–Kier alpha value is -2.55. The Morgan fingerprint density at radius 3 is 2.52 bits per heavy atom. The maximum Gasteiger partial charge on any atom is 0.416 e. The lowest BCUT2D eigenvalue weighted by molar-refractivity contribution is -0.137. The number of piperazine rings is 1. The van der Waals surface area contributed by atoms with Gasteiger partial charge in [0.2, 0.25) is 5.91 Å². The molecule has 1 aromatic carbocycles. The van der Waals surface area contributed by atoms with E-state index in [1.165, 1.54) is 17.4 Å². The van der Waals surface area contributed by atoms with E-state index in [2.05, 4.69) is 5.32 Å². The van der Waals surface area contributed by atoms with Gasteiger partial charge in [-0.2, -0.15) is 24.5 Å². The second-order valence-corrected chi connectivity index (χ2v) is 7.57. The molecule has 0 unspecified atom stereocenters. The van der Waals surface area contributed by atoms with Crippen molar-refractivity contribution in [3.05, 3.63) is 52.2 Å². The summed E-state index contributed by atoms with van der Waals surface area (Å²) in [7, 11) is 0. The van der Waals surface area contributed by atoms with Gasteiger partial charge < -0.3 is 15.1 Å². The second kappa shape index (κ2) is 9.30. The lowest BCUT2D eigenvalue weighted by Gasteiger charge is -2.36. The third-order valence-corrected chi connectivity index (χ3v) is 5.49. The van der Waals surface area contributed by atoms with E-state index in [9.17, 15) is 22.8 Å². The summed E-state index contributed by atoms with van der Waals surface area (Å²) >= 11 is 1.45. The van der Waals surface area contributed by atoms with Crippen LogP contribution >= 0.6 is 11.3 Å². The number of carbonyl (C=O) groups is 2. The Balaban J connectivity index is 1.41. The van der Waals surface area contributed by atoms with Crippen LogP contribution in [0.2, 0.25) is 0 Å². The van der Waals surface area contributed by atoms with E-state index in [4.69, 9.17) is 0 Å². The van der Waals surface area contributed by atoms with Crippen LogP contribution in [0.15, 0.2) is 41.1 Å². The predicted octanol–water partition coefficient (Wildman–Crippen LogP) is 3.63. The number of rotatable bonds is 6. The monoisotopic (exact) mass is 425 g/mol. The van der Waals surface area contributed by atoms with Crippen molar-refractivity contribution < 1.29 is 22.8 Å². The molecule has 2 heterocycles. The maximum atomic E-state index is 12.9. The van der Waals surface area contributed by atoms with E-state index in [1.807, 2.05) is 10.3 Å². The second-order valence-electron chi connectivity index (χ2n) is 6.79. The first-order chi connectivity index (χ1) is 13.8. The lowest BCUT2D eigenvalue weighted by atomic mass is 10.1. The molecule has 1 aliphatic heterocycles. The van der Waals surface area contributed by atoms with Gasteiger partial charge in [-0.25, -0.2) is 0 Å². The van der Waals surface area contributed by atoms with Crippen molar-refractivity contribution in [1.82, 2.24) is 10.2 Å². The third-order valence-electron chi connectivity index (χ3n) is 4.81. The number of amides is 2. The van der Waals surface area contributed by atoms with Crippen LogP contribution in [0, 0.1) is 0 Å². The molecule has 9 heteroatoms. The molecule has 1 N–H and O–H groups in total. The van der Waals surface area contributed by atoms with Gasteiger partial charge in [-0.05, 0) is 36.1 Å². The molecule has 0 spiro atoms. The molecule has 29 heavy (non-hydrogen) atoms. The molecule has 0 saturated carbocycles. The summed E-state index contributed by atoms with van der Waals surface area (Å²) in [5, 5.41) is 6.39. The highest BCUT2D eigenvalue weighted by Gasteiger charge is 2.31. The van der Waals surface area contributed by atoms with E-state index in [0.717, 1.165) is 12.1 Å². The zero-order chi connectivity index (χ0) is 20.9. The maximum absolute atomic E-state index is 12.9. The number of anilines is 1. The average molecular weight is 425 g/mol. The SMILES string of the molecule is O=C(NCCCC(=O)N1CCN(c2cccc(C(F)(F)F)c2)CC1)c1ccsc1. The summed E-state index contributed by atoms with van der Waals surface area (Å²) in [5.41, 5.74) is 0.466. The normalized spacial score (nSPS) is 14.7. The van der Waals surface area contributed by atoms with Gasteiger partial charge >= 0.3 is 6.18 Å². The first kappa shape index (κ1) is 21.2. The molecular formula is C20H22F3N3O2S. The standard InChI is InChI=1S/C20H22F3N3O2S/c21-20(22,23)16-3-1-4-17(13-16)25-8-10-26(11-9-25)18(27)5-2-7-24-19(28)15-6-12-29-14-15/h1,3-4,6,12-14H,2,5,7-11H2,(H,24,28). The first-order valence-corrected chi connectivity index (χ1v) is 10.3. The largest absolute Gasteiger partial charge is 0.416 e. The average Bonchev–Trinajstić information content (AvgIpc) is 3.25. The molecule has 2 aromatic rings. The van der Waals surface area contributed by atoms with Crippen LogP contribution in [0.25, 0.3) is 0 Å². The summed E-state index contributed by atoms with van der Waals surface area (Å²) in [6.45, 7) is 2.33. The molecule has 0 atom stereocenters. The zero-order valence-electron chi connectivity index (χ0n) is 15.7. The number of benzene rings is 1. The van der Waals surface area contributed by atoms with Gasteiger partial charge in [-0.1, -0.05) is 6.07 Å². The van der Waals surface area contributed by atoms with Crippen molar-refractivity contribution in [1.29, 1.82) is 0 Å². The fourth-order valence-electron chi connectivity index (χ4n) is 3.19. The minimum atomic E-state index is -4.37. The fourth-order valence-corrected chi connectivity index (χ4v) is 3.82. The number of hydrogen-bond donors (Lipinski definition) is 1. The highest BCUT2D eigenvalue weighted by molar-refractivity contribution is 7.08. The number of hydrogen-bond acceptors (Lipinski definition) is 4. The molecular weight excluding hydrogens is 403 g/mol. The minimum absolute atomic E-state index is 0.00141. The number of thiophene rings is 1. The topological polar surface area (TPSA) is 52.7 Å². The summed E-state index contributed by atoms with van der Waals surface area (Å²) in [4.78, 5) is 27.8. The van der Waals surface area contributed by atoms with Crippen molar-refractivity contribution in [2.75, 3.05) is 37.6 Å².